The van der Waals surface area contributed by atoms with Crippen LogP contribution in [0.3, 0.4) is 0 Å². The number of hydrogen-bond donors (Lipinski definition) is 2. The second kappa shape index (κ2) is 11.5. The Bertz CT molecular complexity index is 477. The average molecular weight is 378 g/mol. The van der Waals surface area contributed by atoms with Gasteiger partial charge in [-0.2, -0.15) is 0 Å². The van der Waals surface area contributed by atoms with Crippen molar-refractivity contribution in [2.24, 2.45) is 5.92 Å². The number of piperazine rings is 1. The average Bonchev–Trinajstić information content (AvgIpc) is 2.53. The van der Waals surface area contributed by atoms with E-state index < -0.39 is 0 Å². The highest BCUT2D eigenvalue weighted by Crippen LogP contribution is 2.23. The normalized spacial score (nSPS) is 15.8. The molecule has 24 heavy (non-hydrogen) atoms. The Labute approximate surface area is 157 Å². The SMILES string of the molecule is COc1ccc(C(NC(=O)CN2CCNCC2)C(C)C)cc1.Cl.Cl. The summed E-state index contributed by atoms with van der Waals surface area (Å²) in [6.45, 7) is 8.50. The van der Waals surface area contributed by atoms with E-state index in [2.05, 4.69) is 29.4 Å². The first-order valence-corrected chi connectivity index (χ1v) is 7.96. The van der Waals surface area contributed by atoms with Crippen molar-refractivity contribution >= 4 is 30.7 Å². The number of rotatable bonds is 6. The van der Waals surface area contributed by atoms with Crippen molar-refractivity contribution in [3.05, 3.63) is 29.8 Å². The lowest BCUT2D eigenvalue weighted by molar-refractivity contribution is -0.123. The van der Waals surface area contributed by atoms with Crippen LogP contribution in [0.15, 0.2) is 24.3 Å². The molecule has 0 bridgehead atoms. The summed E-state index contributed by atoms with van der Waals surface area (Å²) in [4.78, 5) is 14.5. The number of methoxy groups -OCH3 is 1. The van der Waals surface area contributed by atoms with Gasteiger partial charge in [0, 0.05) is 26.2 Å². The van der Waals surface area contributed by atoms with Crippen LogP contribution < -0.4 is 15.4 Å². The molecule has 2 N–H and O–H groups in total. The van der Waals surface area contributed by atoms with E-state index in [9.17, 15) is 4.79 Å². The van der Waals surface area contributed by atoms with Crippen LogP contribution in [0.1, 0.15) is 25.5 Å². The van der Waals surface area contributed by atoms with Crippen LogP contribution in [0.25, 0.3) is 0 Å². The van der Waals surface area contributed by atoms with Crippen LogP contribution in [0, 0.1) is 5.92 Å². The van der Waals surface area contributed by atoms with Gasteiger partial charge >= 0.3 is 0 Å². The van der Waals surface area contributed by atoms with Crippen molar-refractivity contribution in [2.75, 3.05) is 39.8 Å². The highest BCUT2D eigenvalue weighted by molar-refractivity contribution is 5.85. The third-order valence-corrected chi connectivity index (χ3v) is 4.03. The molecule has 1 aliphatic heterocycles. The van der Waals surface area contributed by atoms with Gasteiger partial charge in [-0.05, 0) is 23.6 Å². The monoisotopic (exact) mass is 377 g/mol. The Hall–Kier alpha value is -1.01. The molecule has 0 spiro atoms. The van der Waals surface area contributed by atoms with Gasteiger partial charge in [-0.3, -0.25) is 9.69 Å². The van der Waals surface area contributed by atoms with E-state index in [0.29, 0.717) is 12.5 Å². The van der Waals surface area contributed by atoms with Crippen LogP contribution in [0.2, 0.25) is 0 Å². The summed E-state index contributed by atoms with van der Waals surface area (Å²) in [5, 5.41) is 6.47. The van der Waals surface area contributed by atoms with E-state index in [-0.39, 0.29) is 36.8 Å². The zero-order valence-electron chi connectivity index (χ0n) is 14.6. The molecule has 1 atom stereocenters. The van der Waals surface area contributed by atoms with Crippen molar-refractivity contribution in [2.45, 2.75) is 19.9 Å². The molecule has 1 fully saturated rings. The summed E-state index contributed by atoms with van der Waals surface area (Å²) in [6, 6.07) is 7.95. The van der Waals surface area contributed by atoms with Gasteiger partial charge in [-0.15, -0.1) is 24.8 Å². The highest BCUT2D eigenvalue weighted by Gasteiger charge is 2.20. The summed E-state index contributed by atoms with van der Waals surface area (Å²) < 4.78 is 5.19. The Morgan fingerprint density at radius 1 is 1.21 bits per heavy atom. The standard InChI is InChI=1S/C17H27N3O2.2ClH/c1-13(2)17(14-4-6-15(22-3)7-5-14)19-16(21)12-20-10-8-18-9-11-20;;/h4-7,13,17-18H,8-12H2,1-3H3,(H,19,21);2*1H. The van der Waals surface area contributed by atoms with Crippen molar-refractivity contribution in [1.29, 1.82) is 0 Å². The van der Waals surface area contributed by atoms with Gasteiger partial charge in [0.05, 0.1) is 19.7 Å². The minimum absolute atomic E-state index is 0. The van der Waals surface area contributed by atoms with Gasteiger partial charge in [0.2, 0.25) is 5.91 Å². The molecular weight excluding hydrogens is 349 g/mol. The lowest BCUT2D eigenvalue weighted by Gasteiger charge is -2.28. The number of halogens is 2. The number of carbonyl (C=O) groups is 1. The maximum Gasteiger partial charge on any atom is 0.234 e. The van der Waals surface area contributed by atoms with E-state index in [1.807, 2.05) is 24.3 Å². The minimum Gasteiger partial charge on any atom is -0.497 e. The molecule has 0 radical (unpaired) electrons. The largest absolute Gasteiger partial charge is 0.497 e. The fraction of sp³-hybridized carbons (Fsp3) is 0.588. The van der Waals surface area contributed by atoms with Gasteiger partial charge in [0.25, 0.3) is 0 Å². The molecule has 0 aromatic heterocycles. The number of hydrogen-bond acceptors (Lipinski definition) is 4. The van der Waals surface area contributed by atoms with Crippen molar-refractivity contribution in [3.8, 4) is 5.75 Å². The number of carbonyl (C=O) groups excluding carboxylic acids is 1. The first-order chi connectivity index (χ1) is 10.6. The molecule has 1 unspecified atom stereocenters. The molecule has 1 aromatic rings. The summed E-state index contributed by atoms with van der Waals surface area (Å²) in [5.74, 6) is 1.26. The number of nitrogens with one attached hydrogen (secondary N) is 2. The van der Waals surface area contributed by atoms with Crippen LogP contribution in [0.4, 0.5) is 0 Å². The highest BCUT2D eigenvalue weighted by atomic mass is 35.5. The maximum absolute atomic E-state index is 12.3. The lowest BCUT2D eigenvalue weighted by Crippen LogP contribution is -2.48. The molecule has 0 saturated carbocycles. The molecule has 138 valence electrons. The van der Waals surface area contributed by atoms with Crippen molar-refractivity contribution < 1.29 is 9.53 Å². The van der Waals surface area contributed by atoms with Crippen LogP contribution in [0.5, 0.6) is 5.75 Å². The minimum atomic E-state index is 0. The molecular formula is C17H29Cl2N3O2. The fourth-order valence-electron chi connectivity index (χ4n) is 2.74. The quantitative estimate of drug-likeness (QED) is 0.798. The van der Waals surface area contributed by atoms with Gasteiger partial charge in [-0.25, -0.2) is 0 Å². The molecule has 0 aliphatic carbocycles. The van der Waals surface area contributed by atoms with E-state index in [0.717, 1.165) is 37.5 Å². The second-order valence-electron chi connectivity index (χ2n) is 6.09. The zero-order valence-corrected chi connectivity index (χ0v) is 16.2. The smallest absolute Gasteiger partial charge is 0.234 e. The Morgan fingerprint density at radius 3 is 2.29 bits per heavy atom. The van der Waals surface area contributed by atoms with Crippen molar-refractivity contribution in [1.82, 2.24) is 15.5 Å². The van der Waals surface area contributed by atoms with Crippen molar-refractivity contribution in [3.63, 3.8) is 0 Å². The second-order valence-corrected chi connectivity index (χ2v) is 6.09. The number of nitrogens with zero attached hydrogens (tertiary/aromatic N) is 1. The van der Waals surface area contributed by atoms with Gasteiger partial charge < -0.3 is 15.4 Å². The maximum atomic E-state index is 12.3. The molecule has 1 heterocycles. The fourth-order valence-corrected chi connectivity index (χ4v) is 2.74. The Balaban J connectivity index is 0.00000264. The molecule has 1 amide bonds. The first-order valence-electron chi connectivity index (χ1n) is 7.96. The summed E-state index contributed by atoms with van der Waals surface area (Å²) >= 11 is 0. The molecule has 1 saturated heterocycles. The van der Waals surface area contributed by atoms with Crippen LogP contribution in [-0.4, -0.2) is 50.6 Å². The predicted octanol–water partition coefficient (Wildman–Crippen LogP) is 2.26. The summed E-state index contributed by atoms with van der Waals surface area (Å²) in [7, 11) is 1.66. The van der Waals surface area contributed by atoms with E-state index in [4.69, 9.17) is 4.74 Å². The number of ether oxygens (including phenoxy) is 1. The lowest BCUT2D eigenvalue weighted by atomic mass is 9.96. The Morgan fingerprint density at radius 2 is 1.79 bits per heavy atom. The van der Waals surface area contributed by atoms with Gasteiger partial charge in [-0.1, -0.05) is 26.0 Å². The van der Waals surface area contributed by atoms with E-state index >= 15 is 0 Å². The van der Waals surface area contributed by atoms with Gasteiger partial charge in [0.15, 0.2) is 0 Å². The number of amides is 1. The summed E-state index contributed by atoms with van der Waals surface area (Å²) in [5.41, 5.74) is 1.12. The Kier molecular flexibility index (Phi) is 11.0. The van der Waals surface area contributed by atoms with Crippen LogP contribution in [-0.2, 0) is 4.79 Å². The van der Waals surface area contributed by atoms with E-state index in [1.165, 1.54) is 0 Å². The third-order valence-electron chi connectivity index (χ3n) is 4.03. The molecule has 1 aliphatic rings. The summed E-state index contributed by atoms with van der Waals surface area (Å²) in [6.07, 6.45) is 0. The molecule has 7 heteroatoms. The van der Waals surface area contributed by atoms with Gasteiger partial charge in [0.1, 0.15) is 5.75 Å². The molecule has 1 aromatic carbocycles. The molecule has 2 rings (SSSR count). The number of benzene rings is 1. The third kappa shape index (κ3) is 6.85. The first kappa shape index (κ1) is 23.0. The topological polar surface area (TPSA) is 53.6 Å². The molecule has 5 nitrogen and oxygen atoms in total. The zero-order chi connectivity index (χ0) is 15.9. The van der Waals surface area contributed by atoms with E-state index in [1.54, 1.807) is 7.11 Å². The predicted molar refractivity (Wildman–Crippen MR) is 103 cm³/mol. The van der Waals surface area contributed by atoms with Crippen LogP contribution >= 0.6 is 24.8 Å².